The highest BCUT2D eigenvalue weighted by Gasteiger charge is 1.94. The van der Waals surface area contributed by atoms with E-state index in [9.17, 15) is 0 Å². The van der Waals surface area contributed by atoms with Crippen LogP contribution in [0.2, 0.25) is 0 Å². The Labute approximate surface area is 86.0 Å². The number of thioether (sulfide) groups is 1. The van der Waals surface area contributed by atoms with Gasteiger partial charge in [0, 0.05) is 5.33 Å². The topological polar surface area (TPSA) is 13.1 Å². The van der Waals surface area contributed by atoms with E-state index in [1.165, 1.54) is 18.6 Å². The van der Waals surface area contributed by atoms with Crippen molar-refractivity contribution in [3.63, 3.8) is 0 Å². The first kappa shape index (κ1) is 10.2. The maximum atomic E-state index is 5.21. The molecule has 1 rings (SSSR count). The first-order chi connectivity index (χ1) is 5.93. The minimum absolute atomic E-state index is 1.01. The highest BCUT2D eigenvalue weighted by atomic mass is 79.9. The number of furan rings is 1. The van der Waals surface area contributed by atoms with Crippen LogP contribution in [0, 0.1) is 0 Å². The van der Waals surface area contributed by atoms with Crippen LogP contribution >= 0.6 is 27.7 Å². The van der Waals surface area contributed by atoms with Crippen molar-refractivity contribution in [3.8, 4) is 0 Å². The average molecular weight is 249 g/mol. The molecule has 12 heavy (non-hydrogen) atoms. The molecule has 0 aliphatic heterocycles. The second kappa shape index (κ2) is 6.61. The van der Waals surface area contributed by atoms with Crippen molar-refractivity contribution in [2.75, 3.05) is 11.1 Å². The smallest absolute Gasteiger partial charge is 0.113 e. The summed E-state index contributed by atoms with van der Waals surface area (Å²) in [5.41, 5.74) is 0. The summed E-state index contributed by atoms with van der Waals surface area (Å²) < 4.78 is 5.21. The molecule has 0 aliphatic rings. The molecule has 0 amide bonds. The monoisotopic (exact) mass is 248 g/mol. The summed E-state index contributed by atoms with van der Waals surface area (Å²) in [4.78, 5) is 0. The standard InChI is InChI=1S/C9H13BrOS/c10-5-1-2-7-12-8-9-4-3-6-11-9/h3-4,6H,1-2,5,7-8H2. The Kier molecular flexibility index (Phi) is 5.61. The Morgan fingerprint density at radius 3 is 3.00 bits per heavy atom. The van der Waals surface area contributed by atoms with Gasteiger partial charge >= 0.3 is 0 Å². The summed E-state index contributed by atoms with van der Waals surface area (Å²) >= 11 is 5.35. The lowest BCUT2D eigenvalue weighted by Gasteiger charge is -1.97. The molecule has 68 valence electrons. The fraction of sp³-hybridized carbons (Fsp3) is 0.556. The van der Waals surface area contributed by atoms with Crippen LogP contribution in [-0.2, 0) is 5.75 Å². The van der Waals surface area contributed by atoms with Crippen molar-refractivity contribution < 1.29 is 4.42 Å². The van der Waals surface area contributed by atoms with Gasteiger partial charge in [0.2, 0.25) is 0 Å². The van der Waals surface area contributed by atoms with Gasteiger partial charge in [0.1, 0.15) is 5.76 Å². The molecule has 1 aromatic heterocycles. The van der Waals surface area contributed by atoms with Crippen molar-refractivity contribution in [1.29, 1.82) is 0 Å². The molecule has 0 N–H and O–H groups in total. The Bertz CT molecular complexity index is 186. The van der Waals surface area contributed by atoms with Crippen molar-refractivity contribution in [2.45, 2.75) is 18.6 Å². The van der Waals surface area contributed by atoms with Crippen LogP contribution in [0.3, 0.4) is 0 Å². The zero-order valence-corrected chi connectivity index (χ0v) is 9.36. The van der Waals surface area contributed by atoms with Gasteiger partial charge in [-0.2, -0.15) is 11.8 Å². The number of hydrogen-bond acceptors (Lipinski definition) is 2. The van der Waals surface area contributed by atoms with E-state index in [1.807, 2.05) is 23.9 Å². The van der Waals surface area contributed by atoms with Crippen molar-refractivity contribution >= 4 is 27.7 Å². The van der Waals surface area contributed by atoms with E-state index in [0.717, 1.165) is 16.8 Å². The first-order valence-electron chi connectivity index (χ1n) is 4.09. The Morgan fingerprint density at radius 1 is 1.42 bits per heavy atom. The molecule has 3 heteroatoms. The third-order valence-electron chi connectivity index (χ3n) is 1.50. The lowest BCUT2D eigenvalue weighted by molar-refractivity contribution is 0.530. The van der Waals surface area contributed by atoms with E-state index in [0.29, 0.717) is 0 Å². The second-order valence-electron chi connectivity index (χ2n) is 2.53. The van der Waals surface area contributed by atoms with Crippen LogP contribution < -0.4 is 0 Å². The summed E-state index contributed by atoms with van der Waals surface area (Å²) in [7, 11) is 0. The number of hydrogen-bond donors (Lipinski definition) is 0. The van der Waals surface area contributed by atoms with Gasteiger partial charge in [-0.1, -0.05) is 15.9 Å². The third-order valence-corrected chi connectivity index (χ3v) is 3.12. The zero-order chi connectivity index (χ0) is 8.65. The van der Waals surface area contributed by atoms with Crippen molar-refractivity contribution in [3.05, 3.63) is 24.2 Å². The molecule has 0 bridgehead atoms. The molecule has 0 fully saturated rings. The van der Waals surface area contributed by atoms with Gasteiger partial charge in [0.05, 0.1) is 12.0 Å². The molecule has 0 aromatic carbocycles. The van der Waals surface area contributed by atoms with Crippen LogP contribution in [0.4, 0.5) is 0 Å². The maximum absolute atomic E-state index is 5.21. The van der Waals surface area contributed by atoms with E-state index in [-0.39, 0.29) is 0 Å². The van der Waals surface area contributed by atoms with Crippen LogP contribution in [0.1, 0.15) is 18.6 Å². The largest absolute Gasteiger partial charge is 0.468 e. The van der Waals surface area contributed by atoms with Crippen LogP contribution in [0.15, 0.2) is 22.8 Å². The summed E-state index contributed by atoms with van der Waals surface area (Å²) in [5, 5.41) is 1.12. The number of alkyl halides is 1. The van der Waals surface area contributed by atoms with Crippen LogP contribution in [0.5, 0.6) is 0 Å². The molecule has 0 saturated carbocycles. The lowest BCUT2D eigenvalue weighted by atomic mass is 10.4. The molecule has 0 unspecified atom stereocenters. The maximum Gasteiger partial charge on any atom is 0.113 e. The Hall–Kier alpha value is 0.110. The van der Waals surface area contributed by atoms with Gasteiger partial charge in [-0.3, -0.25) is 0 Å². The van der Waals surface area contributed by atoms with Gasteiger partial charge < -0.3 is 4.42 Å². The Balaban J connectivity index is 1.96. The molecule has 0 atom stereocenters. The summed E-state index contributed by atoms with van der Waals surface area (Å²) in [6.07, 6.45) is 4.29. The average Bonchev–Trinajstić information content (AvgIpc) is 2.57. The minimum atomic E-state index is 1.01. The molecule has 0 radical (unpaired) electrons. The molecule has 0 spiro atoms. The summed E-state index contributed by atoms with van der Waals surface area (Å²) in [6, 6.07) is 3.96. The SMILES string of the molecule is BrCCCCSCc1ccco1. The number of halogens is 1. The highest BCUT2D eigenvalue weighted by Crippen LogP contribution is 2.14. The number of unbranched alkanes of at least 4 members (excludes halogenated alkanes) is 1. The molecular weight excluding hydrogens is 236 g/mol. The predicted molar refractivity (Wildman–Crippen MR) is 57.9 cm³/mol. The zero-order valence-electron chi connectivity index (χ0n) is 6.96. The first-order valence-corrected chi connectivity index (χ1v) is 6.37. The van der Waals surface area contributed by atoms with Crippen LogP contribution in [0.25, 0.3) is 0 Å². The van der Waals surface area contributed by atoms with Crippen molar-refractivity contribution in [1.82, 2.24) is 0 Å². The predicted octanol–water partition coefficient (Wildman–Crippen LogP) is 3.69. The van der Waals surface area contributed by atoms with Gasteiger partial charge in [-0.05, 0) is 30.7 Å². The molecule has 1 nitrogen and oxygen atoms in total. The van der Waals surface area contributed by atoms with E-state index < -0.39 is 0 Å². The normalized spacial score (nSPS) is 10.4. The fourth-order valence-electron chi connectivity index (χ4n) is 0.866. The molecule has 0 saturated heterocycles. The van der Waals surface area contributed by atoms with Crippen LogP contribution in [-0.4, -0.2) is 11.1 Å². The highest BCUT2D eigenvalue weighted by molar-refractivity contribution is 9.09. The Morgan fingerprint density at radius 2 is 2.33 bits per heavy atom. The molecular formula is C9H13BrOS. The fourth-order valence-corrected chi connectivity index (χ4v) is 2.18. The van der Waals surface area contributed by atoms with Crippen molar-refractivity contribution in [2.24, 2.45) is 0 Å². The van der Waals surface area contributed by atoms with Gasteiger partial charge in [-0.25, -0.2) is 0 Å². The molecule has 1 aromatic rings. The number of rotatable bonds is 6. The van der Waals surface area contributed by atoms with E-state index in [2.05, 4.69) is 15.9 Å². The van der Waals surface area contributed by atoms with E-state index >= 15 is 0 Å². The second-order valence-corrected chi connectivity index (χ2v) is 4.43. The summed E-state index contributed by atoms with van der Waals surface area (Å²) in [6.45, 7) is 0. The lowest BCUT2D eigenvalue weighted by Crippen LogP contribution is -1.82. The van der Waals surface area contributed by atoms with E-state index in [4.69, 9.17) is 4.42 Å². The van der Waals surface area contributed by atoms with Gasteiger partial charge in [0.25, 0.3) is 0 Å². The van der Waals surface area contributed by atoms with E-state index in [1.54, 1.807) is 6.26 Å². The third kappa shape index (κ3) is 4.21. The van der Waals surface area contributed by atoms with Gasteiger partial charge in [-0.15, -0.1) is 0 Å². The summed E-state index contributed by atoms with van der Waals surface area (Å²) in [5.74, 6) is 3.32. The quantitative estimate of drug-likeness (QED) is 0.563. The molecule has 0 aliphatic carbocycles. The minimum Gasteiger partial charge on any atom is -0.468 e. The molecule has 1 heterocycles. The van der Waals surface area contributed by atoms with Gasteiger partial charge in [0.15, 0.2) is 0 Å².